The number of hydrogen-bond acceptors (Lipinski definition) is 2. The van der Waals surface area contributed by atoms with Crippen LogP contribution in [0.25, 0.3) is 0 Å². The van der Waals surface area contributed by atoms with Gasteiger partial charge in [-0.1, -0.05) is 30.3 Å². The van der Waals surface area contributed by atoms with Gasteiger partial charge >= 0.3 is 12.1 Å². The molecule has 0 unspecified atom stereocenters. The number of benzene rings is 1. The topological polar surface area (TPSA) is 23.6 Å². The molecule has 2 fully saturated rings. The van der Waals surface area contributed by atoms with Crippen molar-refractivity contribution in [2.45, 2.75) is 37.5 Å². The van der Waals surface area contributed by atoms with Gasteiger partial charge in [0.2, 0.25) is 0 Å². The zero-order valence-electron chi connectivity index (χ0n) is 12.3. The van der Waals surface area contributed by atoms with Crippen LogP contribution in [0.1, 0.15) is 24.8 Å². The highest BCUT2D eigenvalue weighted by atomic mass is 19.4. The number of likely N-dealkylation sites (tertiary alicyclic amines) is 2. The highest BCUT2D eigenvalue weighted by Gasteiger charge is 2.51. The fraction of sp³-hybridized carbons (Fsp3) is 0.562. The average molecular weight is 312 g/mol. The van der Waals surface area contributed by atoms with E-state index in [1.54, 1.807) is 0 Å². The maximum absolute atomic E-state index is 12.6. The zero-order valence-corrected chi connectivity index (χ0v) is 12.3. The van der Waals surface area contributed by atoms with E-state index in [2.05, 4.69) is 4.90 Å². The normalized spacial score (nSPS) is 26.0. The Morgan fingerprint density at radius 2 is 1.86 bits per heavy atom. The molecule has 22 heavy (non-hydrogen) atoms. The summed E-state index contributed by atoms with van der Waals surface area (Å²) in [5.74, 6) is -1.70. The molecule has 2 heterocycles. The molecule has 0 N–H and O–H groups in total. The van der Waals surface area contributed by atoms with Crippen LogP contribution in [0.5, 0.6) is 0 Å². The van der Waals surface area contributed by atoms with E-state index in [0.29, 0.717) is 6.42 Å². The lowest BCUT2D eigenvalue weighted by molar-refractivity contribution is -0.184. The van der Waals surface area contributed by atoms with E-state index >= 15 is 0 Å². The van der Waals surface area contributed by atoms with E-state index in [4.69, 9.17) is 0 Å². The summed E-state index contributed by atoms with van der Waals surface area (Å²) in [5.41, 5.74) is 0.876. The second kappa shape index (κ2) is 5.57. The number of nitrogens with zero attached hydrogens (tertiary/aromatic N) is 2. The van der Waals surface area contributed by atoms with Gasteiger partial charge in [-0.15, -0.1) is 0 Å². The Labute approximate surface area is 127 Å². The van der Waals surface area contributed by atoms with Gasteiger partial charge in [0.05, 0.1) is 0 Å². The smallest absolute Gasteiger partial charge is 0.333 e. The van der Waals surface area contributed by atoms with Gasteiger partial charge in [0.1, 0.15) is 0 Å². The van der Waals surface area contributed by atoms with Crippen molar-refractivity contribution in [3.05, 3.63) is 35.9 Å². The van der Waals surface area contributed by atoms with Crippen molar-refractivity contribution in [3.63, 3.8) is 0 Å². The van der Waals surface area contributed by atoms with Crippen molar-refractivity contribution in [3.8, 4) is 0 Å². The predicted molar refractivity (Wildman–Crippen MR) is 76.1 cm³/mol. The SMILES string of the molecule is O=C(N1CC[C@@]2(CCCN2Cc2ccccc2)C1)C(F)(F)F. The molecule has 2 aliphatic heterocycles. The molecule has 0 radical (unpaired) electrons. The van der Waals surface area contributed by atoms with E-state index in [9.17, 15) is 18.0 Å². The number of hydrogen-bond donors (Lipinski definition) is 0. The Balaban J connectivity index is 1.72. The van der Waals surface area contributed by atoms with Crippen LogP contribution in [-0.2, 0) is 11.3 Å². The predicted octanol–water partition coefficient (Wildman–Crippen LogP) is 2.82. The minimum absolute atomic E-state index is 0.193. The maximum atomic E-state index is 12.6. The summed E-state index contributed by atoms with van der Waals surface area (Å²) in [7, 11) is 0. The van der Waals surface area contributed by atoms with Gasteiger partial charge in [0.25, 0.3) is 0 Å². The Hall–Kier alpha value is -1.56. The molecule has 1 aromatic carbocycles. The number of carbonyl (C=O) groups excluding carboxylic acids is 1. The van der Waals surface area contributed by atoms with Crippen LogP contribution in [0.2, 0.25) is 0 Å². The third-order valence-corrected chi connectivity index (χ3v) is 4.82. The second-order valence-electron chi connectivity index (χ2n) is 6.21. The largest absolute Gasteiger partial charge is 0.471 e. The molecule has 0 bridgehead atoms. The first-order chi connectivity index (χ1) is 10.4. The highest BCUT2D eigenvalue weighted by molar-refractivity contribution is 5.82. The summed E-state index contributed by atoms with van der Waals surface area (Å²) >= 11 is 0. The van der Waals surface area contributed by atoms with E-state index in [1.807, 2.05) is 30.3 Å². The van der Waals surface area contributed by atoms with Crippen molar-refractivity contribution in [2.24, 2.45) is 0 Å². The molecule has 1 aromatic rings. The first-order valence-electron chi connectivity index (χ1n) is 7.56. The van der Waals surface area contributed by atoms with Crippen LogP contribution in [0.15, 0.2) is 30.3 Å². The monoisotopic (exact) mass is 312 g/mol. The van der Waals surface area contributed by atoms with Crippen LogP contribution < -0.4 is 0 Å². The lowest BCUT2D eigenvalue weighted by atomic mass is 9.95. The van der Waals surface area contributed by atoms with Crippen LogP contribution in [-0.4, -0.2) is 47.1 Å². The Morgan fingerprint density at radius 1 is 1.14 bits per heavy atom. The van der Waals surface area contributed by atoms with Crippen molar-refractivity contribution >= 4 is 5.91 Å². The molecule has 3 nitrogen and oxygen atoms in total. The first-order valence-corrected chi connectivity index (χ1v) is 7.56. The standard InChI is InChI=1S/C16H19F3N2O/c17-16(18,19)14(22)20-10-8-15(12-20)7-4-9-21(15)11-13-5-2-1-3-6-13/h1-3,5-6H,4,7-12H2/t15-/m0/s1. The molecule has 1 atom stereocenters. The van der Waals surface area contributed by atoms with Crippen molar-refractivity contribution < 1.29 is 18.0 Å². The van der Waals surface area contributed by atoms with Crippen LogP contribution >= 0.6 is 0 Å². The van der Waals surface area contributed by atoms with Crippen molar-refractivity contribution in [2.75, 3.05) is 19.6 Å². The molecule has 0 aliphatic carbocycles. The van der Waals surface area contributed by atoms with E-state index in [1.165, 1.54) is 0 Å². The molecule has 1 amide bonds. The molecule has 120 valence electrons. The van der Waals surface area contributed by atoms with E-state index in [0.717, 1.165) is 36.4 Å². The average Bonchev–Trinajstić information content (AvgIpc) is 3.07. The van der Waals surface area contributed by atoms with Gasteiger partial charge in [-0.3, -0.25) is 9.69 Å². The maximum Gasteiger partial charge on any atom is 0.471 e. The molecule has 0 saturated carbocycles. The quantitative estimate of drug-likeness (QED) is 0.838. The van der Waals surface area contributed by atoms with Gasteiger partial charge in [-0.05, 0) is 31.4 Å². The fourth-order valence-corrected chi connectivity index (χ4v) is 3.72. The molecule has 2 aliphatic rings. The van der Waals surface area contributed by atoms with E-state index in [-0.39, 0.29) is 18.6 Å². The van der Waals surface area contributed by atoms with E-state index < -0.39 is 12.1 Å². The Kier molecular flexibility index (Phi) is 3.89. The fourth-order valence-electron chi connectivity index (χ4n) is 3.72. The molecule has 2 saturated heterocycles. The second-order valence-corrected chi connectivity index (χ2v) is 6.21. The van der Waals surface area contributed by atoms with Gasteiger partial charge in [-0.2, -0.15) is 13.2 Å². The summed E-state index contributed by atoms with van der Waals surface area (Å²) in [6, 6.07) is 9.93. The summed E-state index contributed by atoms with van der Waals surface area (Å²) in [4.78, 5) is 14.7. The lowest BCUT2D eigenvalue weighted by Crippen LogP contribution is -2.48. The van der Waals surface area contributed by atoms with Gasteiger partial charge in [0, 0.05) is 25.2 Å². The molecular weight excluding hydrogens is 293 g/mol. The number of amides is 1. The molecule has 1 spiro atoms. The third kappa shape index (κ3) is 2.84. The summed E-state index contributed by atoms with van der Waals surface area (Å²) < 4.78 is 37.8. The molecule has 3 rings (SSSR count). The summed E-state index contributed by atoms with van der Waals surface area (Å²) in [6.45, 7) is 2.00. The van der Waals surface area contributed by atoms with Crippen LogP contribution in [0.3, 0.4) is 0 Å². The molecular formula is C16H19F3N2O. The zero-order chi connectivity index (χ0) is 15.8. The van der Waals surface area contributed by atoms with Crippen LogP contribution in [0, 0.1) is 0 Å². The molecule has 6 heteroatoms. The van der Waals surface area contributed by atoms with Crippen molar-refractivity contribution in [1.82, 2.24) is 9.80 Å². The number of rotatable bonds is 2. The minimum Gasteiger partial charge on any atom is -0.333 e. The Bertz CT molecular complexity index is 546. The van der Waals surface area contributed by atoms with Crippen LogP contribution in [0.4, 0.5) is 13.2 Å². The summed E-state index contributed by atoms with van der Waals surface area (Å²) in [6.07, 6.45) is -2.31. The molecule has 0 aromatic heterocycles. The highest BCUT2D eigenvalue weighted by Crippen LogP contribution is 2.39. The van der Waals surface area contributed by atoms with Gasteiger partial charge in [0.15, 0.2) is 0 Å². The van der Waals surface area contributed by atoms with Gasteiger partial charge < -0.3 is 4.90 Å². The number of halogens is 3. The number of alkyl halides is 3. The van der Waals surface area contributed by atoms with Gasteiger partial charge in [-0.25, -0.2) is 0 Å². The third-order valence-electron chi connectivity index (χ3n) is 4.82. The summed E-state index contributed by atoms with van der Waals surface area (Å²) in [5, 5.41) is 0. The minimum atomic E-state index is -4.77. The van der Waals surface area contributed by atoms with Crippen molar-refractivity contribution in [1.29, 1.82) is 0 Å². The Morgan fingerprint density at radius 3 is 2.55 bits per heavy atom. The first kappa shape index (κ1) is 15.3. The number of carbonyl (C=O) groups is 1. The lowest BCUT2D eigenvalue weighted by Gasteiger charge is -2.35.